The van der Waals surface area contributed by atoms with E-state index in [2.05, 4.69) is 12.2 Å². The number of carboxylic acid groups (broad SMARTS) is 1. The zero-order valence-corrected chi connectivity index (χ0v) is 12.6. The van der Waals surface area contributed by atoms with Gasteiger partial charge < -0.3 is 10.4 Å². The fourth-order valence-electron chi connectivity index (χ4n) is 3.94. The quantitative estimate of drug-likeness (QED) is 0.832. The van der Waals surface area contributed by atoms with Gasteiger partial charge in [0.15, 0.2) is 0 Å². The average molecular weight is 281 g/mol. The number of amides is 1. The van der Waals surface area contributed by atoms with Gasteiger partial charge in [-0.25, -0.2) is 0 Å². The van der Waals surface area contributed by atoms with Crippen molar-refractivity contribution in [1.29, 1.82) is 0 Å². The van der Waals surface area contributed by atoms with Crippen molar-refractivity contribution in [2.45, 2.75) is 64.8 Å². The summed E-state index contributed by atoms with van der Waals surface area (Å²) in [7, 11) is 0. The van der Waals surface area contributed by atoms with Crippen molar-refractivity contribution in [2.24, 2.45) is 23.7 Å². The number of rotatable bonds is 4. The fraction of sp³-hybridized carbons (Fsp3) is 0.875. The summed E-state index contributed by atoms with van der Waals surface area (Å²) in [5.41, 5.74) is 0. The Morgan fingerprint density at radius 1 is 1.10 bits per heavy atom. The van der Waals surface area contributed by atoms with Crippen LogP contribution in [0.1, 0.15) is 58.8 Å². The molecule has 20 heavy (non-hydrogen) atoms. The second-order valence-corrected chi connectivity index (χ2v) is 6.82. The average Bonchev–Trinajstić information content (AvgIpc) is 2.82. The Labute approximate surface area is 121 Å². The van der Waals surface area contributed by atoms with Crippen molar-refractivity contribution in [3.8, 4) is 0 Å². The van der Waals surface area contributed by atoms with Crippen LogP contribution in [-0.2, 0) is 9.59 Å². The molecule has 1 unspecified atom stereocenters. The van der Waals surface area contributed by atoms with Gasteiger partial charge >= 0.3 is 5.97 Å². The maximum Gasteiger partial charge on any atom is 0.307 e. The number of carbonyl (C=O) groups excluding carboxylic acids is 1. The first-order valence-corrected chi connectivity index (χ1v) is 8.02. The molecule has 0 heterocycles. The van der Waals surface area contributed by atoms with E-state index in [-0.39, 0.29) is 17.9 Å². The largest absolute Gasteiger partial charge is 0.481 e. The normalized spacial score (nSPS) is 32.8. The Balaban J connectivity index is 1.91. The molecule has 1 amide bonds. The maximum atomic E-state index is 12.4. The van der Waals surface area contributed by atoms with Crippen LogP contribution < -0.4 is 5.32 Å². The summed E-state index contributed by atoms with van der Waals surface area (Å²) >= 11 is 0. The number of carboxylic acids is 1. The van der Waals surface area contributed by atoms with Gasteiger partial charge in [-0.05, 0) is 44.4 Å². The molecule has 0 bridgehead atoms. The minimum absolute atomic E-state index is 0.0418. The summed E-state index contributed by atoms with van der Waals surface area (Å²) in [6, 6.07) is 0.174. The molecule has 2 rings (SSSR count). The van der Waals surface area contributed by atoms with E-state index in [1.807, 2.05) is 6.92 Å². The van der Waals surface area contributed by atoms with Crippen molar-refractivity contribution in [3.63, 3.8) is 0 Å². The highest BCUT2D eigenvalue weighted by molar-refractivity contribution is 5.85. The van der Waals surface area contributed by atoms with Gasteiger partial charge in [-0.15, -0.1) is 0 Å². The predicted octanol–water partition coefficient (Wildman–Crippen LogP) is 2.82. The van der Waals surface area contributed by atoms with E-state index in [9.17, 15) is 14.7 Å². The van der Waals surface area contributed by atoms with Gasteiger partial charge in [0, 0.05) is 6.04 Å². The Morgan fingerprint density at radius 3 is 2.30 bits per heavy atom. The van der Waals surface area contributed by atoms with E-state index in [0.717, 1.165) is 0 Å². The van der Waals surface area contributed by atoms with E-state index in [0.29, 0.717) is 24.7 Å². The molecule has 0 radical (unpaired) electrons. The van der Waals surface area contributed by atoms with E-state index in [4.69, 9.17) is 0 Å². The molecule has 4 atom stereocenters. The zero-order valence-electron chi connectivity index (χ0n) is 12.6. The zero-order chi connectivity index (χ0) is 14.7. The molecule has 2 aliphatic carbocycles. The van der Waals surface area contributed by atoms with Crippen LogP contribution in [0.5, 0.6) is 0 Å². The van der Waals surface area contributed by atoms with Gasteiger partial charge in [0.25, 0.3) is 0 Å². The van der Waals surface area contributed by atoms with Gasteiger partial charge in [-0.3, -0.25) is 9.59 Å². The second-order valence-electron chi connectivity index (χ2n) is 6.82. The molecule has 0 aromatic rings. The third-order valence-electron chi connectivity index (χ3n) is 5.18. The second kappa shape index (κ2) is 6.59. The summed E-state index contributed by atoms with van der Waals surface area (Å²) in [5, 5.41) is 12.3. The number of nitrogens with one attached hydrogen (secondary N) is 1. The van der Waals surface area contributed by atoms with E-state index in [1.54, 1.807) is 0 Å². The monoisotopic (exact) mass is 281 g/mol. The first-order valence-electron chi connectivity index (χ1n) is 8.02. The molecule has 4 heteroatoms. The Bertz CT molecular complexity index is 363. The number of carbonyl (C=O) groups is 2. The number of aliphatic carboxylic acids is 1. The fourth-order valence-corrected chi connectivity index (χ4v) is 3.94. The smallest absolute Gasteiger partial charge is 0.307 e. The summed E-state index contributed by atoms with van der Waals surface area (Å²) in [4.78, 5) is 23.7. The van der Waals surface area contributed by atoms with Gasteiger partial charge in [-0.1, -0.05) is 26.2 Å². The summed E-state index contributed by atoms with van der Waals surface area (Å²) < 4.78 is 0. The number of hydrogen-bond acceptors (Lipinski definition) is 2. The molecule has 0 aromatic heterocycles. The van der Waals surface area contributed by atoms with E-state index < -0.39 is 11.9 Å². The standard InChI is InChI=1S/C16H27NO3/c1-10-8-13(14(9-10)16(19)20)15(18)17-11(2)12-6-4-3-5-7-12/h10-14H,3-9H2,1-2H3,(H,17,18)(H,19,20)/t10?,11-,13-,14+/m0/s1. The highest BCUT2D eigenvalue weighted by Crippen LogP contribution is 2.37. The Kier molecular flexibility index (Phi) is 5.06. The van der Waals surface area contributed by atoms with E-state index >= 15 is 0 Å². The molecule has 114 valence electrons. The summed E-state index contributed by atoms with van der Waals surface area (Å²) in [6.45, 7) is 4.11. The van der Waals surface area contributed by atoms with Crippen LogP contribution in [-0.4, -0.2) is 23.0 Å². The van der Waals surface area contributed by atoms with Crippen molar-refractivity contribution >= 4 is 11.9 Å². The van der Waals surface area contributed by atoms with Crippen LogP contribution in [0, 0.1) is 23.7 Å². The SMILES string of the molecule is CC1C[C@H](C(=O)N[C@@H](C)C2CCCCC2)[C@H](C(=O)O)C1. The molecular weight excluding hydrogens is 254 g/mol. The lowest BCUT2D eigenvalue weighted by Crippen LogP contribution is -2.43. The predicted molar refractivity (Wildman–Crippen MR) is 77.2 cm³/mol. The molecular formula is C16H27NO3. The minimum atomic E-state index is -0.820. The Morgan fingerprint density at radius 2 is 1.70 bits per heavy atom. The highest BCUT2D eigenvalue weighted by atomic mass is 16.4. The van der Waals surface area contributed by atoms with Gasteiger partial charge in [-0.2, -0.15) is 0 Å². The molecule has 0 saturated heterocycles. The molecule has 2 N–H and O–H groups in total. The van der Waals surface area contributed by atoms with E-state index in [1.165, 1.54) is 32.1 Å². The van der Waals surface area contributed by atoms with Crippen LogP contribution >= 0.6 is 0 Å². The Hall–Kier alpha value is -1.06. The van der Waals surface area contributed by atoms with Gasteiger partial charge in [0.05, 0.1) is 11.8 Å². The van der Waals surface area contributed by atoms with Crippen LogP contribution in [0.2, 0.25) is 0 Å². The highest BCUT2D eigenvalue weighted by Gasteiger charge is 2.41. The van der Waals surface area contributed by atoms with Crippen molar-refractivity contribution < 1.29 is 14.7 Å². The maximum absolute atomic E-state index is 12.4. The van der Waals surface area contributed by atoms with Crippen LogP contribution in [0.25, 0.3) is 0 Å². The van der Waals surface area contributed by atoms with Gasteiger partial charge in [0.1, 0.15) is 0 Å². The van der Waals surface area contributed by atoms with Crippen molar-refractivity contribution in [1.82, 2.24) is 5.32 Å². The van der Waals surface area contributed by atoms with Crippen LogP contribution in [0.4, 0.5) is 0 Å². The number of hydrogen-bond donors (Lipinski definition) is 2. The molecule has 2 aliphatic rings. The van der Waals surface area contributed by atoms with Crippen LogP contribution in [0.3, 0.4) is 0 Å². The summed E-state index contributed by atoms with van der Waals surface area (Å²) in [5.74, 6) is -0.802. The lowest BCUT2D eigenvalue weighted by molar-refractivity contribution is -0.146. The van der Waals surface area contributed by atoms with Crippen LogP contribution in [0.15, 0.2) is 0 Å². The lowest BCUT2D eigenvalue weighted by atomic mass is 9.84. The molecule has 0 spiro atoms. The lowest BCUT2D eigenvalue weighted by Gasteiger charge is -2.29. The van der Waals surface area contributed by atoms with Crippen molar-refractivity contribution in [3.05, 3.63) is 0 Å². The van der Waals surface area contributed by atoms with Gasteiger partial charge in [0.2, 0.25) is 5.91 Å². The molecule has 0 aliphatic heterocycles. The molecule has 2 fully saturated rings. The minimum Gasteiger partial charge on any atom is -0.481 e. The molecule has 2 saturated carbocycles. The third kappa shape index (κ3) is 3.53. The molecule has 0 aromatic carbocycles. The third-order valence-corrected chi connectivity index (χ3v) is 5.18. The topological polar surface area (TPSA) is 66.4 Å². The first kappa shape index (κ1) is 15.3. The first-order chi connectivity index (χ1) is 9.49. The summed E-state index contributed by atoms with van der Waals surface area (Å²) in [6.07, 6.45) is 7.52. The van der Waals surface area contributed by atoms with Crippen molar-refractivity contribution in [2.75, 3.05) is 0 Å². The molecule has 4 nitrogen and oxygen atoms in total.